The van der Waals surface area contributed by atoms with E-state index >= 15 is 0 Å². The average Bonchev–Trinajstić information content (AvgIpc) is 2.30. The van der Waals surface area contributed by atoms with E-state index < -0.39 is 5.60 Å². The Labute approximate surface area is 122 Å². The molecule has 0 saturated carbocycles. The van der Waals surface area contributed by atoms with Gasteiger partial charge in [-0.05, 0) is 37.8 Å². The number of halogens is 1. The minimum absolute atomic E-state index is 0.184. The van der Waals surface area contributed by atoms with Crippen LogP contribution in [0.2, 0.25) is 5.02 Å². The van der Waals surface area contributed by atoms with Crippen molar-refractivity contribution in [1.29, 1.82) is 0 Å². The Morgan fingerprint density at radius 1 is 1.53 bits per heavy atom. The molecule has 0 radical (unpaired) electrons. The lowest BCUT2D eigenvalue weighted by atomic mass is 10.1. The number of anilines is 1. The predicted molar refractivity (Wildman–Crippen MR) is 82.2 cm³/mol. The molecule has 0 aromatic heterocycles. The third-order valence-electron chi connectivity index (χ3n) is 2.46. The van der Waals surface area contributed by atoms with Crippen molar-refractivity contribution in [2.75, 3.05) is 23.9 Å². The van der Waals surface area contributed by atoms with Crippen molar-refractivity contribution in [1.82, 2.24) is 5.32 Å². The normalized spacial score (nSPS) is 13.7. The van der Waals surface area contributed by atoms with Crippen LogP contribution in [0.5, 0.6) is 0 Å². The molecule has 0 spiro atoms. The van der Waals surface area contributed by atoms with Crippen molar-refractivity contribution in [3.05, 3.63) is 28.8 Å². The summed E-state index contributed by atoms with van der Waals surface area (Å²) in [6.07, 6.45) is 1.90. The highest BCUT2D eigenvalue weighted by Gasteiger charge is 2.20. The Kier molecular flexibility index (Phi) is 5.97. The van der Waals surface area contributed by atoms with Crippen LogP contribution in [0.4, 0.5) is 10.5 Å². The van der Waals surface area contributed by atoms with Crippen LogP contribution in [0.3, 0.4) is 0 Å². The smallest absolute Gasteiger partial charge is 0.319 e. The molecule has 19 heavy (non-hydrogen) atoms. The number of carbonyl (C=O) groups excluding carboxylic acids is 1. The predicted octanol–water partition coefficient (Wildman–Crippen LogP) is 2.88. The molecule has 1 aromatic rings. The van der Waals surface area contributed by atoms with Crippen molar-refractivity contribution in [3.63, 3.8) is 0 Å². The number of thioether (sulfide) groups is 1. The molecule has 2 amide bonds. The number of benzene rings is 1. The van der Waals surface area contributed by atoms with Crippen molar-refractivity contribution in [2.24, 2.45) is 0 Å². The third kappa shape index (κ3) is 5.72. The summed E-state index contributed by atoms with van der Waals surface area (Å²) in [5.74, 6) is 0.554. The molecular formula is C13H19ClN2O2S. The second kappa shape index (κ2) is 7.03. The molecule has 1 rings (SSSR count). The highest BCUT2D eigenvalue weighted by atomic mass is 35.5. The zero-order valence-corrected chi connectivity index (χ0v) is 12.9. The number of nitrogens with one attached hydrogen (secondary N) is 2. The number of amides is 2. The molecule has 0 aliphatic rings. The number of carbonyl (C=O) groups is 1. The van der Waals surface area contributed by atoms with Gasteiger partial charge in [-0.25, -0.2) is 4.79 Å². The number of urea groups is 1. The molecule has 0 aliphatic carbocycles. The molecule has 0 saturated heterocycles. The SMILES string of the molecule is CSCC(C)(O)CNC(=O)Nc1ccc(C)cc1Cl. The lowest BCUT2D eigenvalue weighted by Crippen LogP contribution is -2.43. The summed E-state index contributed by atoms with van der Waals surface area (Å²) in [5, 5.41) is 15.7. The Morgan fingerprint density at radius 2 is 2.21 bits per heavy atom. The quantitative estimate of drug-likeness (QED) is 0.784. The Morgan fingerprint density at radius 3 is 2.79 bits per heavy atom. The van der Waals surface area contributed by atoms with Crippen molar-refractivity contribution in [3.8, 4) is 0 Å². The Hall–Kier alpha value is -0.910. The fourth-order valence-electron chi connectivity index (χ4n) is 1.52. The van der Waals surface area contributed by atoms with Gasteiger partial charge >= 0.3 is 6.03 Å². The summed E-state index contributed by atoms with van der Waals surface area (Å²) in [6.45, 7) is 3.79. The van der Waals surface area contributed by atoms with E-state index in [1.165, 1.54) is 11.8 Å². The largest absolute Gasteiger partial charge is 0.387 e. The number of rotatable bonds is 5. The maximum Gasteiger partial charge on any atom is 0.319 e. The van der Waals surface area contributed by atoms with E-state index in [4.69, 9.17) is 11.6 Å². The maximum atomic E-state index is 11.7. The van der Waals surface area contributed by atoms with Crippen LogP contribution in [0.15, 0.2) is 18.2 Å². The third-order valence-corrected chi connectivity index (χ3v) is 3.68. The molecule has 4 nitrogen and oxygen atoms in total. The number of hydrogen-bond acceptors (Lipinski definition) is 3. The van der Waals surface area contributed by atoms with Gasteiger partial charge in [0.05, 0.1) is 16.3 Å². The lowest BCUT2D eigenvalue weighted by molar-refractivity contribution is 0.0876. The van der Waals surface area contributed by atoms with Gasteiger partial charge in [-0.15, -0.1) is 0 Å². The van der Waals surface area contributed by atoms with E-state index in [2.05, 4.69) is 10.6 Å². The van der Waals surface area contributed by atoms with E-state index in [0.29, 0.717) is 16.5 Å². The van der Waals surface area contributed by atoms with Crippen LogP contribution < -0.4 is 10.6 Å². The maximum absolute atomic E-state index is 11.7. The monoisotopic (exact) mass is 302 g/mol. The summed E-state index contributed by atoms with van der Waals surface area (Å²) in [6, 6.07) is 5.01. The van der Waals surface area contributed by atoms with Gasteiger partial charge in [-0.3, -0.25) is 0 Å². The van der Waals surface area contributed by atoms with Crippen LogP contribution in [0.25, 0.3) is 0 Å². The highest BCUT2D eigenvalue weighted by Crippen LogP contribution is 2.22. The topological polar surface area (TPSA) is 61.4 Å². The first kappa shape index (κ1) is 16.1. The molecule has 1 aromatic carbocycles. The number of aryl methyl sites for hydroxylation is 1. The first-order valence-corrected chi connectivity index (χ1v) is 7.63. The second-order valence-electron chi connectivity index (χ2n) is 4.72. The molecule has 0 fully saturated rings. The van der Waals surface area contributed by atoms with E-state index in [1.54, 1.807) is 19.1 Å². The van der Waals surface area contributed by atoms with E-state index in [9.17, 15) is 9.90 Å². The molecule has 1 unspecified atom stereocenters. The molecule has 0 bridgehead atoms. The molecule has 3 N–H and O–H groups in total. The van der Waals surface area contributed by atoms with Gasteiger partial charge < -0.3 is 15.7 Å². The van der Waals surface area contributed by atoms with Gasteiger partial charge in [0.2, 0.25) is 0 Å². The number of aliphatic hydroxyl groups is 1. The van der Waals surface area contributed by atoms with Gasteiger partial charge in [-0.2, -0.15) is 11.8 Å². The first-order valence-electron chi connectivity index (χ1n) is 5.86. The zero-order chi connectivity index (χ0) is 14.5. The van der Waals surface area contributed by atoms with Crippen molar-refractivity contribution in [2.45, 2.75) is 19.4 Å². The van der Waals surface area contributed by atoms with Crippen LogP contribution in [-0.4, -0.2) is 35.3 Å². The van der Waals surface area contributed by atoms with Gasteiger partial charge in [-0.1, -0.05) is 17.7 Å². The van der Waals surface area contributed by atoms with Gasteiger partial charge in [0.25, 0.3) is 0 Å². The van der Waals surface area contributed by atoms with E-state index in [-0.39, 0.29) is 12.6 Å². The summed E-state index contributed by atoms with van der Waals surface area (Å²) in [5.41, 5.74) is 0.654. The minimum atomic E-state index is -0.923. The zero-order valence-electron chi connectivity index (χ0n) is 11.3. The molecule has 0 aliphatic heterocycles. The molecule has 106 valence electrons. The Balaban J connectivity index is 2.52. The van der Waals surface area contributed by atoms with Crippen molar-refractivity contribution >= 4 is 35.1 Å². The molecule has 1 atom stereocenters. The minimum Gasteiger partial charge on any atom is -0.387 e. The van der Waals surface area contributed by atoms with Gasteiger partial charge in [0, 0.05) is 12.3 Å². The van der Waals surface area contributed by atoms with E-state index in [0.717, 1.165) is 5.56 Å². The van der Waals surface area contributed by atoms with Crippen LogP contribution in [-0.2, 0) is 0 Å². The van der Waals surface area contributed by atoms with Crippen LogP contribution >= 0.6 is 23.4 Å². The fourth-order valence-corrected chi connectivity index (χ4v) is 2.53. The summed E-state index contributed by atoms with van der Waals surface area (Å²) in [7, 11) is 0. The van der Waals surface area contributed by atoms with Crippen molar-refractivity contribution < 1.29 is 9.90 Å². The number of hydrogen-bond donors (Lipinski definition) is 3. The molecule has 0 heterocycles. The van der Waals surface area contributed by atoms with E-state index in [1.807, 2.05) is 19.2 Å². The first-order chi connectivity index (χ1) is 8.84. The highest BCUT2D eigenvalue weighted by molar-refractivity contribution is 7.98. The van der Waals surface area contributed by atoms with Crippen LogP contribution in [0.1, 0.15) is 12.5 Å². The van der Waals surface area contributed by atoms with Crippen LogP contribution in [0, 0.1) is 6.92 Å². The average molecular weight is 303 g/mol. The van der Waals surface area contributed by atoms with Gasteiger partial charge in [0.1, 0.15) is 0 Å². The lowest BCUT2D eigenvalue weighted by Gasteiger charge is -2.22. The summed E-state index contributed by atoms with van der Waals surface area (Å²) >= 11 is 7.54. The second-order valence-corrected chi connectivity index (χ2v) is 5.99. The summed E-state index contributed by atoms with van der Waals surface area (Å²) < 4.78 is 0. The molecular weight excluding hydrogens is 284 g/mol. The van der Waals surface area contributed by atoms with Gasteiger partial charge in [0.15, 0.2) is 0 Å². The molecule has 6 heteroatoms. The summed E-state index contributed by atoms with van der Waals surface area (Å²) in [4.78, 5) is 11.7. The Bertz CT molecular complexity index is 452. The standard InChI is InChI=1S/C13H19ClN2O2S/c1-9-4-5-11(10(14)6-9)16-12(17)15-7-13(2,18)8-19-3/h4-6,18H,7-8H2,1-3H3,(H2,15,16,17). The fraction of sp³-hybridized carbons (Fsp3) is 0.462.